The van der Waals surface area contributed by atoms with Crippen molar-refractivity contribution in [3.05, 3.63) is 29.3 Å². The summed E-state index contributed by atoms with van der Waals surface area (Å²) in [4.78, 5) is 0.0230. The van der Waals surface area contributed by atoms with Gasteiger partial charge in [-0.2, -0.15) is 0 Å². The van der Waals surface area contributed by atoms with Gasteiger partial charge >= 0.3 is 0 Å². The van der Waals surface area contributed by atoms with Crippen molar-refractivity contribution in [2.75, 3.05) is 6.61 Å². The molecule has 1 aromatic rings. The molecule has 0 heterocycles. The lowest BCUT2D eigenvalue weighted by Crippen LogP contribution is -2.48. The minimum absolute atomic E-state index is 0.0230. The van der Waals surface area contributed by atoms with Crippen LogP contribution in [0.2, 0.25) is 5.02 Å². The van der Waals surface area contributed by atoms with Gasteiger partial charge in [0.25, 0.3) is 0 Å². The number of aliphatic hydroxyl groups is 1. The van der Waals surface area contributed by atoms with E-state index in [0.717, 1.165) is 0 Å². The molecule has 0 fully saturated rings. The van der Waals surface area contributed by atoms with Crippen LogP contribution in [-0.4, -0.2) is 25.7 Å². The van der Waals surface area contributed by atoms with Gasteiger partial charge in [0.15, 0.2) is 0 Å². The molecule has 17 heavy (non-hydrogen) atoms. The number of halogens is 1. The summed E-state index contributed by atoms with van der Waals surface area (Å²) in [5.74, 6) is 0. The van der Waals surface area contributed by atoms with Crippen molar-refractivity contribution < 1.29 is 13.5 Å². The van der Waals surface area contributed by atoms with Gasteiger partial charge in [0, 0.05) is 0 Å². The van der Waals surface area contributed by atoms with Gasteiger partial charge in [-0.25, -0.2) is 13.1 Å². The Hall–Kier alpha value is -0.620. The van der Waals surface area contributed by atoms with Gasteiger partial charge in [-0.05, 0) is 25.5 Å². The topological polar surface area (TPSA) is 66.4 Å². The fourth-order valence-corrected chi connectivity index (χ4v) is 3.25. The van der Waals surface area contributed by atoms with Gasteiger partial charge in [0.2, 0.25) is 10.0 Å². The number of benzene rings is 1. The Balaban J connectivity index is 3.10. The van der Waals surface area contributed by atoms with Crippen molar-refractivity contribution in [1.82, 2.24) is 4.72 Å². The zero-order valence-electron chi connectivity index (χ0n) is 9.77. The molecule has 0 amide bonds. The normalized spacial score (nSPS) is 15.5. The second-order valence-corrected chi connectivity index (χ2v) is 6.17. The lowest BCUT2D eigenvalue weighted by Gasteiger charge is -2.26. The van der Waals surface area contributed by atoms with Gasteiger partial charge in [0.05, 0.1) is 17.2 Å². The molecule has 4 nitrogen and oxygen atoms in total. The molecule has 0 aliphatic heterocycles. The standard InChI is InChI=1S/C11H16ClNO3S/c1-3-11(2,8-14)13-17(15,16)10-7-5-4-6-9(10)12/h4-7,13-14H,3,8H2,1-2H3. The van der Waals surface area contributed by atoms with Crippen LogP contribution in [0.1, 0.15) is 20.3 Å². The van der Waals surface area contributed by atoms with E-state index in [2.05, 4.69) is 4.72 Å². The Morgan fingerprint density at radius 2 is 2.00 bits per heavy atom. The summed E-state index contributed by atoms with van der Waals surface area (Å²) in [5.41, 5.74) is -0.877. The minimum Gasteiger partial charge on any atom is -0.394 e. The van der Waals surface area contributed by atoms with Crippen LogP contribution in [0.3, 0.4) is 0 Å². The van der Waals surface area contributed by atoms with Crippen molar-refractivity contribution >= 4 is 21.6 Å². The van der Waals surface area contributed by atoms with Crippen LogP contribution in [0.4, 0.5) is 0 Å². The Morgan fingerprint density at radius 1 is 1.41 bits per heavy atom. The largest absolute Gasteiger partial charge is 0.394 e. The third-order valence-electron chi connectivity index (χ3n) is 2.64. The number of nitrogens with one attached hydrogen (secondary N) is 1. The molecule has 2 N–H and O–H groups in total. The van der Waals surface area contributed by atoms with E-state index in [4.69, 9.17) is 11.6 Å². The van der Waals surface area contributed by atoms with Crippen LogP contribution in [0.15, 0.2) is 29.2 Å². The predicted molar refractivity (Wildman–Crippen MR) is 67.6 cm³/mol. The van der Waals surface area contributed by atoms with E-state index in [1.54, 1.807) is 26.0 Å². The van der Waals surface area contributed by atoms with E-state index in [-0.39, 0.29) is 16.5 Å². The Bertz CT molecular complexity index is 483. The van der Waals surface area contributed by atoms with Gasteiger partial charge in [-0.1, -0.05) is 30.7 Å². The molecule has 1 rings (SSSR count). The maximum atomic E-state index is 12.1. The van der Waals surface area contributed by atoms with Crippen LogP contribution in [-0.2, 0) is 10.0 Å². The van der Waals surface area contributed by atoms with Crippen LogP contribution < -0.4 is 4.72 Å². The van der Waals surface area contributed by atoms with E-state index >= 15 is 0 Å². The second-order valence-electron chi connectivity index (χ2n) is 4.11. The summed E-state index contributed by atoms with van der Waals surface area (Å²) in [6.07, 6.45) is 0.479. The maximum absolute atomic E-state index is 12.1. The number of hydrogen-bond acceptors (Lipinski definition) is 3. The van der Waals surface area contributed by atoms with Crippen molar-refractivity contribution in [3.63, 3.8) is 0 Å². The molecule has 0 radical (unpaired) electrons. The summed E-state index contributed by atoms with van der Waals surface area (Å²) < 4.78 is 26.6. The Morgan fingerprint density at radius 3 is 2.47 bits per heavy atom. The highest BCUT2D eigenvalue weighted by molar-refractivity contribution is 7.89. The zero-order chi connectivity index (χ0) is 13.1. The van der Waals surface area contributed by atoms with Gasteiger partial charge in [-0.15, -0.1) is 0 Å². The van der Waals surface area contributed by atoms with Crippen LogP contribution in [0.5, 0.6) is 0 Å². The second kappa shape index (κ2) is 5.35. The van der Waals surface area contributed by atoms with Gasteiger partial charge in [-0.3, -0.25) is 0 Å². The average Bonchev–Trinajstić information content (AvgIpc) is 2.28. The molecule has 0 saturated heterocycles. The fourth-order valence-electron chi connectivity index (χ4n) is 1.26. The number of aliphatic hydroxyl groups excluding tert-OH is 1. The molecule has 0 aromatic heterocycles. The molecule has 0 aliphatic carbocycles. The highest BCUT2D eigenvalue weighted by Crippen LogP contribution is 2.22. The molecule has 6 heteroatoms. The van der Waals surface area contributed by atoms with Crippen LogP contribution in [0, 0.1) is 0 Å². The summed E-state index contributed by atoms with van der Waals surface area (Å²) in [6.45, 7) is 3.17. The molecule has 1 unspecified atom stereocenters. The third-order valence-corrected chi connectivity index (χ3v) is 4.77. The smallest absolute Gasteiger partial charge is 0.242 e. The first-order valence-corrected chi connectivity index (χ1v) is 7.10. The average molecular weight is 278 g/mol. The van der Waals surface area contributed by atoms with Crippen molar-refractivity contribution in [2.45, 2.75) is 30.7 Å². The summed E-state index contributed by atoms with van der Waals surface area (Å²) in [5, 5.41) is 9.37. The number of hydrogen-bond donors (Lipinski definition) is 2. The summed E-state index contributed by atoms with van der Waals surface area (Å²) in [7, 11) is -3.71. The molecule has 0 saturated carbocycles. The van der Waals surface area contributed by atoms with E-state index in [1.165, 1.54) is 12.1 Å². The van der Waals surface area contributed by atoms with Gasteiger partial charge in [0.1, 0.15) is 4.90 Å². The first-order valence-electron chi connectivity index (χ1n) is 5.24. The predicted octanol–water partition coefficient (Wildman–Crippen LogP) is 1.78. The Kier molecular flexibility index (Phi) is 4.55. The molecular weight excluding hydrogens is 262 g/mol. The van der Waals surface area contributed by atoms with Gasteiger partial charge < -0.3 is 5.11 Å². The SMILES string of the molecule is CCC(C)(CO)NS(=O)(=O)c1ccccc1Cl. The highest BCUT2D eigenvalue weighted by atomic mass is 35.5. The van der Waals surface area contributed by atoms with Crippen molar-refractivity contribution in [3.8, 4) is 0 Å². The van der Waals surface area contributed by atoms with Crippen LogP contribution >= 0.6 is 11.6 Å². The van der Waals surface area contributed by atoms with E-state index < -0.39 is 15.6 Å². The lowest BCUT2D eigenvalue weighted by atomic mass is 10.0. The molecular formula is C11H16ClNO3S. The fraction of sp³-hybridized carbons (Fsp3) is 0.455. The van der Waals surface area contributed by atoms with Crippen molar-refractivity contribution in [1.29, 1.82) is 0 Å². The third kappa shape index (κ3) is 3.42. The molecule has 0 bridgehead atoms. The van der Waals surface area contributed by atoms with Crippen molar-refractivity contribution in [2.24, 2.45) is 0 Å². The number of rotatable bonds is 5. The van der Waals surface area contributed by atoms with E-state index in [9.17, 15) is 13.5 Å². The molecule has 0 spiro atoms. The molecule has 1 aromatic carbocycles. The van der Waals surface area contributed by atoms with E-state index in [0.29, 0.717) is 6.42 Å². The number of sulfonamides is 1. The minimum atomic E-state index is -3.71. The Labute approximate surface area is 107 Å². The van der Waals surface area contributed by atoms with Crippen LogP contribution in [0.25, 0.3) is 0 Å². The molecule has 1 atom stereocenters. The maximum Gasteiger partial charge on any atom is 0.242 e. The summed E-state index contributed by atoms with van der Waals surface area (Å²) >= 11 is 5.84. The zero-order valence-corrected chi connectivity index (χ0v) is 11.3. The highest BCUT2D eigenvalue weighted by Gasteiger charge is 2.29. The first kappa shape index (κ1) is 14.4. The first-order chi connectivity index (χ1) is 7.84. The monoisotopic (exact) mass is 277 g/mol. The summed E-state index contributed by atoms with van der Waals surface area (Å²) in [6, 6.07) is 6.20. The quantitative estimate of drug-likeness (QED) is 0.862. The molecule has 0 aliphatic rings. The lowest BCUT2D eigenvalue weighted by molar-refractivity contribution is 0.191. The molecule has 96 valence electrons. The van der Waals surface area contributed by atoms with E-state index in [1.807, 2.05) is 0 Å².